The zero-order chi connectivity index (χ0) is 18.7. The van der Waals surface area contributed by atoms with Gasteiger partial charge in [0.15, 0.2) is 0 Å². The highest BCUT2D eigenvalue weighted by Crippen LogP contribution is 2.19. The van der Waals surface area contributed by atoms with Gasteiger partial charge >= 0.3 is 0 Å². The molecule has 1 atom stereocenters. The van der Waals surface area contributed by atoms with Crippen LogP contribution in [0.4, 0.5) is 0 Å². The van der Waals surface area contributed by atoms with E-state index in [1.807, 2.05) is 0 Å². The Hall–Kier alpha value is -1.52. The number of imide groups is 1. The quantitative estimate of drug-likeness (QED) is 0.352. The van der Waals surface area contributed by atoms with E-state index in [1.165, 1.54) is 24.2 Å². The number of hydrogen-bond donors (Lipinski definition) is 0. The van der Waals surface area contributed by atoms with Crippen molar-refractivity contribution in [3.8, 4) is 0 Å². The highest BCUT2D eigenvalue weighted by Gasteiger charge is 2.35. The van der Waals surface area contributed by atoms with E-state index in [1.54, 1.807) is 13.8 Å². The Labute approximate surface area is 151 Å². The van der Waals surface area contributed by atoms with Crippen LogP contribution in [0.5, 0.6) is 0 Å². The smallest absolute Gasteiger partial charge is 0.232 e. The summed E-state index contributed by atoms with van der Waals surface area (Å²) >= 11 is 0. The van der Waals surface area contributed by atoms with Gasteiger partial charge in [0.1, 0.15) is 11.6 Å². The molecule has 25 heavy (non-hydrogen) atoms. The molecule has 0 aromatic heterocycles. The van der Waals surface area contributed by atoms with Gasteiger partial charge in [0.25, 0.3) is 0 Å². The second-order valence-electron chi connectivity index (χ2n) is 7.31. The normalized spacial score (nSPS) is 17.4. The van der Waals surface area contributed by atoms with Gasteiger partial charge in [-0.15, -0.1) is 0 Å². The average molecular weight is 351 g/mol. The highest BCUT2D eigenvalue weighted by atomic mass is 16.2. The summed E-state index contributed by atoms with van der Waals surface area (Å²) < 4.78 is 0. The minimum absolute atomic E-state index is 0.138. The molecule has 2 amide bonds. The van der Waals surface area contributed by atoms with Crippen LogP contribution < -0.4 is 0 Å². The number of nitrogens with zero attached hydrogens (tertiary/aromatic N) is 1. The minimum Gasteiger partial charge on any atom is -0.300 e. The monoisotopic (exact) mass is 351 g/mol. The van der Waals surface area contributed by atoms with E-state index in [4.69, 9.17) is 0 Å². The molecule has 5 nitrogen and oxygen atoms in total. The molecule has 0 spiro atoms. The standard InChI is InChI=1S/C20H33NO4/c1-16-15-19(24)21(20(16)25)14-13-18(23)12-10-8-6-4-3-5-7-9-11-17(2)22/h16H,3-15H2,1-2H3. The first-order chi connectivity index (χ1) is 11.9. The van der Waals surface area contributed by atoms with Crippen molar-refractivity contribution in [2.75, 3.05) is 6.54 Å². The van der Waals surface area contributed by atoms with Gasteiger partial charge in [-0.05, 0) is 19.8 Å². The zero-order valence-corrected chi connectivity index (χ0v) is 15.8. The lowest BCUT2D eigenvalue weighted by Gasteiger charge is -2.13. The number of unbranched alkanes of at least 4 members (excludes halogenated alkanes) is 7. The molecule has 1 fully saturated rings. The molecule has 5 heteroatoms. The number of likely N-dealkylation sites (tertiary alicyclic amines) is 1. The van der Waals surface area contributed by atoms with E-state index < -0.39 is 0 Å². The predicted octanol–water partition coefficient (Wildman–Crippen LogP) is 3.83. The minimum atomic E-state index is -0.231. The molecule has 0 bridgehead atoms. The van der Waals surface area contributed by atoms with Gasteiger partial charge in [0.2, 0.25) is 11.8 Å². The Morgan fingerprint density at radius 2 is 1.40 bits per heavy atom. The fourth-order valence-electron chi connectivity index (χ4n) is 3.20. The van der Waals surface area contributed by atoms with Crippen LogP contribution in [0.1, 0.15) is 90.9 Å². The summed E-state index contributed by atoms with van der Waals surface area (Å²) in [7, 11) is 0. The SMILES string of the molecule is CC(=O)CCCCCCCCCCC(=O)CCN1C(=O)CC(C)C1=O. The van der Waals surface area contributed by atoms with Crippen molar-refractivity contribution in [2.45, 2.75) is 90.9 Å². The van der Waals surface area contributed by atoms with Crippen molar-refractivity contribution in [3.63, 3.8) is 0 Å². The highest BCUT2D eigenvalue weighted by molar-refractivity contribution is 6.03. The third kappa shape index (κ3) is 8.94. The first-order valence-electron chi connectivity index (χ1n) is 9.77. The van der Waals surface area contributed by atoms with E-state index in [-0.39, 0.29) is 42.3 Å². The molecule has 0 saturated carbocycles. The summed E-state index contributed by atoms with van der Waals surface area (Å²) in [5, 5.41) is 0. The van der Waals surface area contributed by atoms with Crippen LogP contribution in [0, 0.1) is 5.92 Å². The van der Waals surface area contributed by atoms with Crippen LogP contribution in [-0.2, 0) is 19.2 Å². The third-order valence-electron chi connectivity index (χ3n) is 4.82. The molecule has 1 unspecified atom stereocenters. The number of amides is 2. The van der Waals surface area contributed by atoms with Crippen LogP contribution in [0.25, 0.3) is 0 Å². The summed E-state index contributed by atoms with van der Waals surface area (Å²) in [6.45, 7) is 3.65. The van der Waals surface area contributed by atoms with Crippen LogP contribution in [-0.4, -0.2) is 34.8 Å². The maximum atomic E-state index is 11.9. The van der Waals surface area contributed by atoms with Crippen molar-refractivity contribution in [1.82, 2.24) is 4.90 Å². The number of Topliss-reactive ketones (excluding diaryl/α,β-unsaturated/α-hetero) is 2. The maximum Gasteiger partial charge on any atom is 0.232 e. The van der Waals surface area contributed by atoms with E-state index in [9.17, 15) is 19.2 Å². The Bertz CT molecular complexity index is 472. The lowest BCUT2D eigenvalue weighted by Crippen LogP contribution is -2.32. The molecule has 1 saturated heterocycles. The molecule has 0 aromatic carbocycles. The maximum absolute atomic E-state index is 11.9. The van der Waals surface area contributed by atoms with Gasteiger partial charge in [0, 0.05) is 38.1 Å². The predicted molar refractivity (Wildman–Crippen MR) is 97.0 cm³/mol. The molecular weight excluding hydrogens is 318 g/mol. The molecule has 1 aliphatic heterocycles. The topological polar surface area (TPSA) is 71.5 Å². The Balaban J connectivity index is 1.95. The fourth-order valence-corrected chi connectivity index (χ4v) is 3.20. The van der Waals surface area contributed by atoms with Gasteiger partial charge in [-0.3, -0.25) is 19.3 Å². The lowest BCUT2D eigenvalue weighted by molar-refractivity contribution is -0.139. The number of hydrogen-bond acceptors (Lipinski definition) is 4. The Morgan fingerprint density at radius 3 is 1.88 bits per heavy atom. The Morgan fingerprint density at radius 1 is 0.880 bits per heavy atom. The molecule has 1 aliphatic rings. The van der Waals surface area contributed by atoms with Gasteiger partial charge in [-0.1, -0.05) is 45.4 Å². The molecule has 1 rings (SSSR count). The molecule has 0 radical (unpaired) electrons. The second kappa shape index (κ2) is 11.9. The molecule has 0 N–H and O–H groups in total. The van der Waals surface area contributed by atoms with Crippen molar-refractivity contribution in [1.29, 1.82) is 0 Å². The van der Waals surface area contributed by atoms with Gasteiger partial charge < -0.3 is 4.79 Å². The number of carbonyl (C=O) groups excluding carboxylic acids is 4. The molecule has 1 heterocycles. The largest absolute Gasteiger partial charge is 0.300 e. The fraction of sp³-hybridized carbons (Fsp3) is 0.800. The van der Waals surface area contributed by atoms with Crippen LogP contribution in [0.2, 0.25) is 0 Å². The van der Waals surface area contributed by atoms with Gasteiger partial charge in [0.05, 0.1) is 0 Å². The number of carbonyl (C=O) groups is 4. The van der Waals surface area contributed by atoms with E-state index in [2.05, 4.69) is 0 Å². The molecule has 0 aromatic rings. The van der Waals surface area contributed by atoms with E-state index in [0.29, 0.717) is 19.3 Å². The van der Waals surface area contributed by atoms with Crippen molar-refractivity contribution >= 4 is 23.4 Å². The summed E-state index contributed by atoms with van der Waals surface area (Å²) in [5.74, 6) is -0.0956. The summed E-state index contributed by atoms with van der Waals surface area (Å²) in [6.07, 6.45) is 10.6. The lowest BCUT2D eigenvalue weighted by atomic mass is 10.0. The number of rotatable bonds is 14. The van der Waals surface area contributed by atoms with Crippen molar-refractivity contribution in [3.05, 3.63) is 0 Å². The average Bonchev–Trinajstić information content (AvgIpc) is 2.79. The van der Waals surface area contributed by atoms with Crippen LogP contribution in [0.3, 0.4) is 0 Å². The van der Waals surface area contributed by atoms with Crippen molar-refractivity contribution < 1.29 is 19.2 Å². The van der Waals surface area contributed by atoms with E-state index >= 15 is 0 Å². The third-order valence-corrected chi connectivity index (χ3v) is 4.82. The summed E-state index contributed by atoms with van der Waals surface area (Å²) in [5.41, 5.74) is 0. The summed E-state index contributed by atoms with van der Waals surface area (Å²) in [4.78, 5) is 47.3. The van der Waals surface area contributed by atoms with Crippen LogP contribution in [0.15, 0.2) is 0 Å². The van der Waals surface area contributed by atoms with Crippen molar-refractivity contribution in [2.24, 2.45) is 5.92 Å². The molecule has 142 valence electrons. The van der Waals surface area contributed by atoms with Crippen LogP contribution >= 0.6 is 0 Å². The number of ketones is 2. The second-order valence-corrected chi connectivity index (χ2v) is 7.31. The molecule has 0 aliphatic carbocycles. The Kier molecular flexibility index (Phi) is 10.3. The van der Waals surface area contributed by atoms with Gasteiger partial charge in [-0.25, -0.2) is 0 Å². The first kappa shape index (κ1) is 21.5. The molecular formula is C20H33NO4. The van der Waals surface area contributed by atoms with Gasteiger partial charge in [-0.2, -0.15) is 0 Å². The summed E-state index contributed by atoms with van der Waals surface area (Å²) in [6, 6.07) is 0. The first-order valence-corrected chi connectivity index (χ1v) is 9.77. The zero-order valence-electron chi connectivity index (χ0n) is 15.8. The van der Waals surface area contributed by atoms with E-state index in [0.717, 1.165) is 32.1 Å².